The lowest BCUT2D eigenvalue weighted by molar-refractivity contribution is -0.137. The summed E-state index contributed by atoms with van der Waals surface area (Å²) in [7, 11) is 0. The van der Waals surface area contributed by atoms with Crippen LogP contribution in [0.15, 0.2) is 0 Å². The number of carbonyl (C=O) groups is 2. The summed E-state index contributed by atoms with van der Waals surface area (Å²) in [5.41, 5.74) is 0. The Morgan fingerprint density at radius 1 is 1.38 bits per heavy atom. The number of nitrogens with one attached hydrogen (secondary N) is 1. The first-order valence-corrected chi connectivity index (χ1v) is 8.88. The number of nitrogens with zero attached hydrogens (tertiary/aromatic N) is 1. The number of amides is 2. The van der Waals surface area contributed by atoms with E-state index in [1.54, 1.807) is 0 Å². The van der Waals surface area contributed by atoms with E-state index in [2.05, 4.69) is 26.1 Å². The van der Waals surface area contributed by atoms with Crippen molar-refractivity contribution in [1.82, 2.24) is 10.2 Å². The molecule has 3 unspecified atom stereocenters. The van der Waals surface area contributed by atoms with Gasteiger partial charge >= 0.3 is 12.0 Å². The van der Waals surface area contributed by atoms with Crippen LogP contribution >= 0.6 is 11.8 Å². The zero-order chi connectivity index (χ0) is 15.8. The maximum Gasteiger partial charge on any atom is 0.317 e. The Bertz CT molecular complexity index is 352. The Morgan fingerprint density at radius 3 is 2.71 bits per heavy atom. The summed E-state index contributed by atoms with van der Waals surface area (Å²) in [6.45, 7) is 7.76. The lowest BCUT2D eigenvalue weighted by atomic mass is 9.97. The van der Waals surface area contributed by atoms with E-state index in [9.17, 15) is 9.59 Å². The minimum atomic E-state index is -0.744. The third kappa shape index (κ3) is 6.16. The van der Waals surface area contributed by atoms with Gasteiger partial charge in [0, 0.05) is 36.6 Å². The van der Waals surface area contributed by atoms with Crippen molar-refractivity contribution in [2.45, 2.75) is 57.7 Å². The van der Waals surface area contributed by atoms with Gasteiger partial charge in [-0.3, -0.25) is 4.79 Å². The molecule has 122 valence electrons. The zero-order valence-corrected chi connectivity index (χ0v) is 14.1. The monoisotopic (exact) mass is 316 g/mol. The third-order valence-corrected chi connectivity index (χ3v) is 5.66. The molecule has 1 aliphatic rings. The van der Waals surface area contributed by atoms with Gasteiger partial charge in [0.2, 0.25) is 0 Å². The Labute approximate surface area is 131 Å². The maximum atomic E-state index is 12.2. The maximum absolute atomic E-state index is 12.2. The van der Waals surface area contributed by atoms with Crippen LogP contribution < -0.4 is 5.32 Å². The van der Waals surface area contributed by atoms with E-state index in [1.165, 1.54) is 0 Å². The van der Waals surface area contributed by atoms with E-state index in [4.69, 9.17) is 5.11 Å². The van der Waals surface area contributed by atoms with E-state index >= 15 is 0 Å². The van der Waals surface area contributed by atoms with Crippen LogP contribution in [-0.2, 0) is 4.79 Å². The minimum absolute atomic E-state index is 0.0164. The molecule has 1 aliphatic heterocycles. The van der Waals surface area contributed by atoms with E-state index in [0.717, 1.165) is 25.1 Å². The lowest BCUT2D eigenvalue weighted by Gasteiger charge is -2.37. The first-order chi connectivity index (χ1) is 9.95. The quantitative estimate of drug-likeness (QED) is 0.758. The lowest BCUT2D eigenvalue weighted by Crippen LogP contribution is -2.52. The predicted molar refractivity (Wildman–Crippen MR) is 86.8 cm³/mol. The smallest absolute Gasteiger partial charge is 0.317 e. The number of aliphatic carboxylic acids is 1. The number of thioether (sulfide) groups is 1. The van der Waals surface area contributed by atoms with E-state index < -0.39 is 5.97 Å². The molecule has 0 spiro atoms. The van der Waals surface area contributed by atoms with Crippen LogP contribution in [0.25, 0.3) is 0 Å². The van der Waals surface area contributed by atoms with Crippen molar-refractivity contribution in [2.24, 2.45) is 5.92 Å². The molecular formula is C15H28N2O3S. The molecule has 0 radical (unpaired) electrons. The second-order valence-electron chi connectivity index (χ2n) is 5.74. The molecule has 1 rings (SSSR count). The van der Waals surface area contributed by atoms with Crippen LogP contribution in [-0.4, -0.2) is 52.1 Å². The van der Waals surface area contributed by atoms with Crippen LogP contribution in [0.3, 0.4) is 0 Å². The highest BCUT2D eigenvalue weighted by atomic mass is 32.2. The number of urea groups is 1. The number of hydrogen-bond donors (Lipinski definition) is 2. The number of rotatable bonds is 7. The molecule has 6 heteroatoms. The fourth-order valence-electron chi connectivity index (χ4n) is 2.58. The van der Waals surface area contributed by atoms with E-state index in [0.29, 0.717) is 24.1 Å². The fraction of sp³-hybridized carbons (Fsp3) is 0.867. The van der Waals surface area contributed by atoms with Gasteiger partial charge in [-0.2, -0.15) is 11.8 Å². The van der Waals surface area contributed by atoms with Crippen LogP contribution in [0, 0.1) is 5.92 Å². The number of carboxylic acids is 1. The predicted octanol–water partition coefficient (Wildman–Crippen LogP) is 2.80. The Balaban J connectivity index is 2.30. The molecule has 5 nitrogen and oxygen atoms in total. The number of carboxylic acid groups (broad SMARTS) is 1. The highest BCUT2D eigenvalue weighted by molar-refractivity contribution is 8.00. The summed E-state index contributed by atoms with van der Waals surface area (Å²) in [6, 6.07) is 0.278. The molecule has 0 aromatic rings. The molecule has 2 amide bonds. The van der Waals surface area contributed by atoms with Crippen molar-refractivity contribution in [3.8, 4) is 0 Å². The number of hydrogen-bond acceptors (Lipinski definition) is 3. The molecule has 0 aliphatic carbocycles. The first-order valence-electron chi connectivity index (χ1n) is 7.83. The van der Waals surface area contributed by atoms with Gasteiger partial charge in [0.05, 0.1) is 0 Å². The largest absolute Gasteiger partial charge is 0.481 e. The summed E-state index contributed by atoms with van der Waals surface area (Å²) in [5, 5.41) is 12.2. The molecule has 1 fully saturated rings. The summed E-state index contributed by atoms with van der Waals surface area (Å²) in [4.78, 5) is 24.7. The standard InChI is InChI=1S/C15H28N2O3S/c1-4-13(5-6-14(18)19)7-8-16-15(20)17-9-10-21-12(3)11(17)2/h11-13H,4-10H2,1-3H3,(H,16,20)(H,18,19). The molecular weight excluding hydrogens is 288 g/mol. The van der Waals surface area contributed by atoms with Crippen molar-refractivity contribution >= 4 is 23.8 Å². The fourth-order valence-corrected chi connectivity index (χ4v) is 3.68. The van der Waals surface area contributed by atoms with Gasteiger partial charge in [0.1, 0.15) is 0 Å². The molecule has 3 atom stereocenters. The Kier molecular flexibility index (Phi) is 7.93. The average molecular weight is 316 g/mol. The van der Waals surface area contributed by atoms with Crippen molar-refractivity contribution < 1.29 is 14.7 Å². The van der Waals surface area contributed by atoms with Gasteiger partial charge in [0.25, 0.3) is 0 Å². The first kappa shape index (κ1) is 18.1. The summed E-state index contributed by atoms with van der Waals surface area (Å²) in [6.07, 6.45) is 2.71. The van der Waals surface area contributed by atoms with Crippen LogP contribution in [0.5, 0.6) is 0 Å². The molecule has 0 saturated carbocycles. The normalized spacial score (nSPS) is 23.7. The van der Waals surface area contributed by atoms with Gasteiger partial charge in [-0.1, -0.05) is 20.3 Å². The Hall–Kier alpha value is -0.910. The van der Waals surface area contributed by atoms with Crippen molar-refractivity contribution in [1.29, 1.82) is 0 Å². The van der Waals surface area contributed by atoms with Gasteiger partial charge < -0.3 is 15.3 Å². The molecule has 1 saturated heterocycles. The van der Waals surface area contributed by atoms with E-state index in [-0.39, 0.29) is 18.5 Å². The molecule has 21 heavy (non-hydrogen) atoms. The highest BCUT2D eigenvalue weighted by Crippen LogP contribution is 2.24. The molecule has 0 aromatic heterocycles. The summed E-state index contributed by atoms with van der Waals surface area (Å²) in [5.74, 6) is 0.621. The molecule has 0 bridgehead atoms. The van der Waals surface area contributed by atoms with Gasteiger partial charge in [-0.05, 0) is 25.7 Å². The van der Waals surface area contributed by atoms with Gasteiger partial charge in [0.15, 0.2) is 0 Å². The van der Waals surface area contributed by atoms with Crippen LogP contribution in [0.4, 0.5) is 4.79 Å². The second kappa shape index (κ2) is 9.18. The zero-order valence-electron chi connectivity index (χ0n) is 13.3. The average Bonchev–Trinajstić information content (AvgIpc) is 2.45. The van der Waals surface area contributed by atoms with Crippen molar-refractivity contribution in [2.75, 3.05) is 18.8 Å². The number of carbonyl (C=O) groups excluding carboxylic acids is 1. The highest BCUT2D eigenvalue weighted by Gasteiger charge is 2.28. The molecule has 0 aromatic carbocycles. The van der Waals surface area contributed by atoms with Gasteiger partial charge in [-0.15, -0.1) is 0 Å². The minimum Gasteiger partial charge on any atom is -0.481 e. The molecule has 1 heterocycles. The van der Waals surface area contributed by atoms with E-state index in [1.807, 2.05) is 16.7 Å². The SMILES string of the molecule is CCC(CCNC(=O)N1CCSC(C)C1C)CCC(=O)O. The van der Waals surface area contributed by atoms with Crippen molar-refractivity contribution in [3.63, 3.8) is 0 Å². The summed E-state index contributed by atoms with van der Waals surface area (Å²) >= 11 is 1.91. The molecule has 2 N–H and O–H groups in total. The summed E-state index contributed by atoms with van der Waals surface area (Å²) < 4.78 is 0. The third-order valence-electron chi connectivity index (χ3n) is 4.32. The van der Waals surface area contributed by atoms with Crippen LogP contribution in [0.2, 0.25) is 0 Å². The Morgan fingerprint density at radius 2 is 2.10 bits per heavy atom. The van der Waals surface area contributed by atoms with Crippen molar-refractivity contribution in [3.05, 3.63) is 0 Å². The van der Waals surface area contributed by atoms with Gasteiger partial charge in [-0.25, -0.2) is 4.79 Å². The second-order valence-corrected chi connectivity index (χ2v) is 7.22. The van der Waals surface area contributed by atoms with Crippen LogP contribution in [0.1, 0.15) is 46.5 Å². The topological polar surface area (TPSA) is 69.6 Å².